The van der Waals surface area contributed by atoms with Crippen LogP contribution in [0.25, 0.3) is 31.9 Å². The van der Waals surface area contributed by atoms with E-state index in [9.17, 15) is 9.59 Å². The Hall–Kier alpha value is -5.05. The van der Waals surface area contributed by atoms with Crippen molar-refractivity contribution in [2.24, 2.45) is 0 Å². The molecule has 6 rings (SSSR count). The van der Waals surface area contributed by atoms with Gasteiger partial charge in [0.2, 0.25) is 5.91 Å². The quantitative estimate of drug-likeness (QED) is 0.0697. The number of hydrogen-bond donors (Lipinski definition) is 3. The van der Waals surface area contributed by atoms with E-state index in [1.165, 1.54) is 28.7 Å². The second-order valence-corrected chi connectivity index (χ2v) is 14.5. The number of urea groups is 1. The van der Waals surface area contributed by atoms with Gasteiger partial charge in [-0.1, -0.05) is 122 Å². The SMILES string of the molecule is [C-]#[N+]c1ccc(-c2ccc(C)cc2)cc1.[C-]#[N+]c1ccc(-c2ccc(CCCCCCNC(=O)CCCC[C@@H]3SCC4NC(=O)NC43)cc2)cc1. The summed E-state index contributed by atoms with van der Waals surface area (Å²) in [6, 6.07) is 33.0. The van der Waals surface area contributed by atoms with Crippen molar-refractivity contribution in [2.75, 3.05) is 12.3 Å². The van der Waals surface area contributed by atoms with Crippen LogP contribution < -0.4 is 16.0 Å². The molecule has 0 aliphatic carbocycles. The Morgan fingerprint density at radius 3 is 1.86 bits per heavy atom. The topological polar surface area (TPSA) is 79.0 Å². The Labute approximate surface area is 307 Å². The van der Waals surface area contributed by atoms with Crippen LogP contribution in [-0.4, -0.2) is 41.6 Å². The molecule has 2 saturated heterocycles. The number of unbranched alkanes of at least 4 members (excludes halogenated alkanes) is 4. The number of fused-ring (bicyclic) bond motifs is 1. The first kappa shape index (κ1) is 37.2. The summed E-state index contributed by atoms with van der Waals surface area (Å²) in [7, 11) is 0. The first-order valence-corrected chi connectivity index (χ1v) is 19.0. The minimum Gasteiger partial charge on any atom is -0.356 e. The molecule has 4 aromatic carbocycles. The van der Waals surface area contributed by atoms with Crippen LogP contribution in [0.3, 0.4) is 0 Å². The molecule has 0 saturated carbocycles. The molecule has 0 bridgehead atoms. The Bertz CT molecular complexity index is 1790. The van der Waals surface area contributed by atoms with Crippen molar-refractivity contribution < 1.29 is 9.59 Å². The van der Waals surface area contributed by atoms with Crippen LogP contribution in [-0.2, 0) is 11.2 Å². The molecular weight excluding hydrogens is 651 g/mol. The maximum Gasteiger partial charge on any atom is 0.315 e. The van der Waals surface area contributed by atoms with Crippen LogP contribution in [0.1, 0.15) is 62.5 Å². The summed E-state index contributed by atoms with van der Waals surface area (Å²) in [6.45, 7) is 16.8. The van der Waals surface area contributed by atoms with Gasteiger partial charge in [0, 0.05) is 24.0 Å². The van der Waals surface area contributed by atoms with Crippen molar-refractivity contribution >= 4 is 35.1 Å². The number of hydrogen-bond acceptors (Lipinski definition) is 3. The fraction of sp³-hybridized carbons (Fsp3) is 0.349. The minimum atomic E-state index is -0.0369. The summed E-state index contributed by atoms with van der Waals surface area (Å²) < 4.78 is 0. The third kappa shape index (κ3) is 11.5. The molecule has 2 aliphatic heterocycles. The molecule has 3 amide bonds. The van der Waals surface area contributed by atoms with E-state index < -0.39 is 0 Å². The predicted octanol–water partition coefficient (Wildman–Crippen LogP) is 10.1. The van der Waals surface area contributed by atoms with Gasteiger partial charge in [-0.05, 0) is 66.8 Å². The Morgan fingerprint density at radius 1 is 0.725 bits per heavy atom. The Kier molecular flexibility index (Phi) is 14.1. The molecule has 262 valence electrons. The zero-order valence-corrected chi connectivity index (χ0v) is 30.2. The van der Waals surface area contributed by atoms with E-state index in [-0.39, 0.29) is 24.0 Å². The fourth-order valence-corrected chi connectivity index (χ4v) is 8.01. The van der Waals surface area contributed by atoms with E-state index in [0.717, 1.165) is 68.4 Å². The number of amides is 3. The van der Waals surface area contributed by atoms with Gasteiger partial charge in [-0.25, -0.2) is 14.5 Å². The van der Waals surface area contributed by atoms with Crippen LogP contribution in [0, 0.1) is 20.1 Å². The lowest BCUT2D eigenvalue weighted by Crippen LogP contribution is -2.36. The molecule has 0 spiro atoms. The van der Waals surface area contributed by atoms with Crippen LogP contribution in [0.4, 0.5) is 16.2 Å². The van der Waals surface area contributed by atoms with Gasteiger partial charge in [0.25, 0.3) is 0 Å². The fourth-order valence-electron chi connectivity index (χ4n) is 6.46. The number of thioether (sulfide) groups is 1. The molecule has 4 aromatic rings. The highest BCUT2D eigenvalue weighted by atomic mass is 32.2. The largest absolute Gasteiger partial charge is 0.356 e. The van der Waals surface area contributed by atoms with E-state index in [1.807, 2.05) is 60.3 Å². The van der Waals surface area contributed by atoms with E-state index in [4.69, 9.17) is 13.1 Å². The number of rotatable bonds is 14. The van der Waals surface area contributed by atoms with Crippen molar-refractivity contribution in [1.29, 1.82) is 0 Å². The van der Waals surface area contributed by atoms with Gasteiger partial charge in [-0.2, -0.15) is 11.8 Å². The lowest BCUT2D eigenvalue weighted by atomic mass is 10.0. The zero-order chi connectivity index (χ0) is 35.8. The van der Waals surface area contributed by atoms with Crippen LogP contribution in [0.2, 0.25) is 0 Å². The van der Waals surface area contributed by atoms with Crippen LogP contribution >= 0.6 is 11.8 Å². The van der Waals surface area contributed by atoms with Gasteiger partial charge in [-0.3, -0.25) is 4.79 Å². The molecular formula is C43H47N5O2S. The lowest BCUT2D eigenvalue weighted by molar-refractivity contribution is -0.121. The molecule has 0 radical (unpaired) electrons. The molecule has 2 unspecified atom stereocenters. The maximum absolute atomic E-state index is 12.1. The van der Waals surface area contributed by atoms with Crippen LogP contribution in [0.15, 0.2) is 97.1 Å². The molecule has 8 heteroatoms. The molecule has 2 heterocycles. The predicted molar refractivity (Wildman–Crippen MR) is 210 cm³/mol. The van der Waals surface area contributed by atoms with Gasteiger partial charge in [0.15, 0.2) is 11.4 Å². The number of nitrogens with zero attached hydrogens (tertiary/aromatic N) is 2. The average Bonchev–Trinajstić information content (AvgIpc) is 3.73. The highest BCUT2D eigenvalue weighted by molar-refractivity contribution is 8.00. The maximum atomic E-state index is 12.1. The van der Waals surface area contributed by atoms with Gasteiger partial charge >= 0.3 is 6.03 Å². The second kappa shape index (κ2) is 19.4. The van der Waals surface area contributed by atoms with Crippen molar-refractivity contribution in [3.8, 4) is 22.3 Å². The number of aryl methyl sites for hydroxylation is 2. The molecule has 2 aliphatic rings. The third-order valence-electron chi connectivity index (χ3n) is 9.46. The van der Waals surface area contributed by atoms with E-state index in [1.54, 1.807) is 0 Å². The number of benzene rings is 4. The minimum absolute atomic E-state index is 0.0369. The standard InChI is InChI=1S/C29H36N4O2S.C14H11N/c1-30-24-17-15-23(16-18-24)22-13-11-21(12-14-22)8-4-2-3-7-19-31-27(34)10-6-5-9-26-28-25(20-36-26)32-29(35)33-28;1-11-3-5-12(6-4-11)13-7-9-14(15-2)10-8-13/h11-18,25-26,28H,2-10,19-20H2,(H,31,34)(H2,32,33,35);3-10H,1H3/t25?,26-,28?;/m0./s1. The van der Waals surface area contributed by atoms with Gasteiger partial charge in [-0.15, -0.1) is 0 Å². The number of nitrogens with one attached hydrogen (secondary N) is 3. The van der Waals surface area contributed by atoms with Crippen molar-refractivity contribution in [3.63, 3.8) is 0 Å². The third-order valence-corrected chi connectivity index (χ3v) is 11.0. The van der Waals surface area contributed by atoms with Gasteiger partial charge < -0.3 is 16.0 Å². The summed E-state index contributed by atoms with van der Waals surface area (Å²) in [5.41, 5.74) is 8.63. The zero-order valence-electron chi connectivity index (χ0n) is 29.4. The first-order valence-electron chi connectivity index (χ1n) is 18.0. The smallest absolute Gasteiger partial charge is 0.315 e. The van der Waals surface area contributed by atoms with Crippen molar-refractivity contribution in [1.82, 2.24) is 16.0 Å². The average molecular weight is 698 g/mol. The highest BCUT2D eigenvalue weighted by Crippen LogP contribution is 2.33. The summed E-state index contributed by atoms with van der Waals surface area (Å²) >= 11 is 1.93. The van der Waals surface area contributed by atoms with Gasteiger partial charge in [0.1, 0.15) is 0 Å². The highest BCUT2D eigenvalue weighted by Gasteiger charge is 2.42. The summed E-state index contributed by atoms with van der Waals surface area (Å²) in [4.78, 5) is 30.4. The molecule has 7 nitrogen and oxygen atoms in total. The summed E-state index contributed by atoms with van der Waals surface area (Å²) in [6.07, 6.45) is 9.14. The molecule has 51 heavy (non-hydrogen) atoms. The molecule has 2 fully saturated rings. The van der Waals surface area contributed by atoms with E-state index in [0.29, 0.717) is 23.0 Å². The van der Waals surface area contributed by atoms with Crippen molar-refractivity contribution in [2.45, 2.75) is 82.0 Å². The van der Waals surface area contributed by atoms with E-state index >= 15 is 0 Å². The first-order chi connectivity index (χ1) is 24.9. The molecule has 0 aromatic heterocycles. The normalized spacial score (nSPS) is 17.2. The Morgan fingerprint density at radius 2 is 1.27 bits per heavy atom. The van der Waals surface area contributed by atoms with Crippen LogP contribution in [0.5, 0.6) is 0 Å². The lowest BCUT2D eigenvalue weighted by Gasteiger charge is -2.16. The number of carbonyl (C=O) groups excluding carboxylic acids is 2. The number of carbonyl (C=O) groups is 2. The summed E-state index contributed by atoms with van der Waals surface area (Å²) in [5.74, 6) is 1.15. The van der Waals surface area contributed by atoms with Crippen molar-refractivity contribution in [3.05, 3.63) is 131 Å². The second-order valence-electron chi connectivity index (χ2n) is 13.3. The van der Waals surface area contributed by atoms with E-state index in [2.05, 4.69) is 81.1 Å². The Balaban J connectivity index is 0.000000279. The summed E-state index contributed by atoms with van der Waals surface area (Å²) in [5, 5.41) is 9.53. The molecule has 3 atom stereocenters. The monoisotopic (exact) mass is 697 g/mol. The van der Waals surface area contributed by atoms with Gasteiger partial charge in [0.05, 0.1) is 25.2 Å². The molecule has 3 N–H and O–H groups in total.